The van der Waals surface area contributed by atoms with E-state index in [1.807, 2.05) is 41.2 Å². The summed E-state index contributed by atoms with van der Waals surface area (Å²) in [6, 6.07) is 9.90. The maximum atomic E-state index is 11.5. The van der Waals surface area contributed by atoms with Crippen molar-refractivity contribution in [2.75, 3.05) is 17.6 Å². The first-order valence-electron chi connectivity index (χ1n) is 9.00. The minimum Gasteiger partial charge on any atom is -0.366 e. The van der Waals surface area contributed by atoms with Gasteiger partial charge in [-0.05, 0) is 62.8 Å². The summed E-state index contributed by atoms with van der Waals surface area (Å²) in [5.74, 6) is 1.41. The molecule has 0 atom stereocenters. The predicted molar refractivity (Wildman–Crippen MR) is 105 cm³/mol. The smallest absolute Gasteiger partial charge is 0.211 e. The van der Waals surface area contributed by atoms with Gasteiger partial charge in [-0.3, -0.25) is 0 Å². The van der Waals surface area contributed by atoms with Gasteiger partial charge in [0.05, 0.1) is 11.4 Å². The number of rotatable bonds is 7. The summed E-state index contributed by atoms with van der Waals surface area (Å²) in [4.78, 5) is 0. The fourth-order valence-electron chi connectivity index (χ4n) is 3.21. The second-order valence-corrected chi connectivity index (χ2v) is 9.27. The summed E-state index contributed by atoms with van der Waals surface area (Å²) in [5, 5.41) is 8.77. The molecular formula is C18H25ClN4O2S. The maximum absolute atomic E-state index is 11.5. The molecule has 6 nitrogen and oxygen atoms in total. The number of halogens is 1. The van der Waals surface area contributed by atoms with E-state index in [2.05, 4.69) is 15.1 Å². The van der Waals surface area contributed by atoms with Gasteiger partial charge in [0.25, 0.3) is 0 Å². The molecule has 3 rings (SSSR count). The average Bonchev–Trinajstić information content (AvgIpc) is 3.10. The summed E-state index contributed by atoms with van der Waals surface area (Å²) >= 11 is 5.92. The number of hydrogen-bond acceptors (Lipinski definition) is 4. The number of sulfonamides is 1. The highest BCUT2D eigenvalue weighted by Crippen LogP contribution is 2.26. The molecule has 0 radical (unpaired) electrons. The average molecular weight is 397 g/mol. The molecule has 26 heavy (non-hydrogen) atoms. The zero-order valence-electron chi connectivity index (χ0n) is 14.9. The first-order chi connectivity index (χ1) is 12.4. The zero-order chi connectivity index (χ0) is 18.6. The quantitative estimate of drug-likeness (QED) is 0.751. The van der Waals surface area contributed by atoms with Crippen molar-refractivity contribution in [3.8, 4) is 5.69 Å². The lowest BCUT2D eigenvalue weighted by molar-refractivity contribution is 0.337. The monoisotopic (exact) mass is 396 g/mol. The van der Waals surface area contributed by atoms with Crippen LogP contribution in [-0.4, -0.2) is 36.5 Å². The van der Waals surface area contributed by atoms with Crippen LogP contribution in [0.5, 0.6) is 0 Å². The molecule has 0 saturated heterocycles. The van der Waals surface area contributed by atoms with Gasteiger partial charge in [0.15, 0.2) is 0 Å². The molecule has 1 fully saturated rings. The summed E-state index contributed by atoms with van der Waals surface area (Å²) < 4.78 is 27.6. The third-order valence-corrected chi connectivity index (χ3v) is 6.47. The molecule has 1 saturated carbocycles. The Morgan fingerprint density at radius 2 is 1.85 bits per heavy atom. The number of anilines is 1. The molecule has 0 unspecified atom stereocenters. The van der Waals surface area contributed by atoms with E-state index in [9.17, 15) is 8.42 Å². The second kappa shape index (κ2) is 8.41. The molecule has 8 heteroatoms. The van der Waals surface area contributed by atoms with E-state index in [0.29, 0.717) is 23.5 Å². The maximum Gasteiger partial charge on any atom is 0.211 e. The van der Waals surface area contributed by atoms with Crippen molar-refractivity contribution in [2.45, 2.75) is 38.6 Å². The highest BCUT2D eigenvalue weighted by Gasteiger charge is 2.22. The zero-order valence-corrected chi connectivity index (χ0v) is 16.4. The van der Waals surface area contributed by atoms with Crippen LogP contribution in [-0.2, 0) is 10.0 Å². The Kier molecular flexibility index (Phi) is 6.21. The van der Waals surface area contributed by atoms with Crippen molar-refractivity contribution in [2.24, 2.45) is 5.92 Å². The lowest BCUT2D eigenvalue weighted by Gasteiger charge is -2.29. The van der Waals surface area contributed by atoms with Gasteiger partial charge in [0.2, 0.25) is 10.0 Å². The van der Waals surface area contributed by atoms with Crippen LogP contribution >= 0.6 is 11.6 Å². The first kappa shape index (κ1) is 19.2. The van der Waals surface area contributed by atoms with Gasteiger partial charge < -0.3 is 5.32 Å². The minimum atomic E-state index is -3.09. The highest BCUT2D eigenvalue weighted by molar-refractivity contribution is 7.89. The third kappa shape index (κ3) is 5.22. The lowest BCUT2D eigenvalue weighted by Crippen LogP contribution is -2.34. The normalized spacial score (nSPS) is 20.8. The van der Waals surface area contributed by atoms with Gasteiger partial charge in [-0.2, -0.15) is 5.10 Å². The second-order valence-electron chi connectivity index (χ2n) is 6.74. The van der Waals surface area contributed by atoms with Crippen molar-refractivity contribution in [1.29, 1.82) is 0 Å². The van der Waals surface area contributed by atoms with E-state index >= 15 is 0 Å². The van der Waals surface area contributed by atoms with Crippen LogP contribution in [0.3, 0.4) is 0 Å². The number of nitrogens with one attached hydrogen (secondary N) is 2. The van der Waals surface area contributed by atoms with Crippen LogP contribution in [0.4, 0.5) is 5.82 Å². The standard InChI is InChI=1S/C18H25ClN4O2S/c1-2-26(24,25)20-13-14-3-7-16(8-4-14)21-18-11-12-23(22-18)17-9-5-15(19)6-10-17/h5-6,9-12,14,16,20H,2-4,7-8,13H2,1H3,(H,21,22). The minimum absolute atomic E-state index is 0.139. The van der Waals surface area contributed by atoms with E-state index in [1.165, 1.54) is 0 Å². The molecule has 0 spiro atoms. The Balaban J connectivity index is 1.48. The van der Waals surface area contributed by atoms with Gasteiger partial charge >= 0.3 is 0 Å². The van der Waals surface area contributed by atoms with E-state index in [-0.39, 0.29) is 5.75 Å². The summed E-state index contributed by atoms with van der Waals surface area (Å²) in [7, 11) is -3.09. The Morgan fingerprint density at radius 1 is 1.15 bits per heavy atom. The molecule has 142 valence electrons. The van der Waals surface area contributed by atoms with Crippen LogP contribution in [0, 0.1) is 5.92 Å². The van der Waals surface area contributed by atoms with Crippen molar-refractivity contribution < 1.29 is 8.42 Å². The molecule has 0 bridgehead atoms. The SMILES string of the molecule is CCS(=O)(=O)NCC1CCC(Nc2ccn(-c3ccc(Cl)cc3)n2)CC1. The predicted octanol–water partition coefficient (Wildman–Crippen LogP) is 3.44. The Labute approximate surface area is 160 Å². The van der Waals surface area contributed by atoms with E-state index < -0.39 is 10.0 Å². The Morgan fingerprint density at radius 3 is 2.50 bits per heavy atom. The molecule has 1 aromatic heterocycles. The number of benzene rings is 1. The summed E-state index contributed by atoms with van der Waals surface area (Å²) in [6.07, 6.45) is 6.00. The van der Waals surface area contributed by atoms with E-state index in [0.717, 1.165) is 37.2 Å². The van der Waals surface area contributed by atoms with Gasteiger partial charge in [-0.15, -0.1) is 0 Å². The van der Waals surface area contributed by atoms with Crippen molar-refractivity contribution in [3.05, 3.63) is 41.6 Å². The van der Waals surface area contributed by atoms with E-state index in [1.54, 1.807) is 6.92 Å². The molecule has 1 aliphatic rings. The molecule has 0 aliphatic heterocycles. The van der Waals surface area contributed by atoms with Crippen LogP contribution < -0.4 is 10.0 Å². The fourth-order valence-corrected chi connectivity index (χ4v) is 4.03. The highest BCUT2D eigenvalue weighted by atomic mass is 35.5. The topological polar surface area (TPSA) is 76.0 Å². The molecule has 2 aromatic rings. The van der Waals surface area contributed by atoms with Crippen molar-refractivity contribution >= 4 is 27.4 Å². The van der Waals surface area contributed by atoms with Gasteiger partial charge in [0.1, 0.15) is 5.82 Å². The number of nitrogens with zero attached hydrogens (tertiary/aromatic N) is 2. The molecule has 1 aliphatic carbocycles. The summed E-state index contributed by atoms with van der Waals surface area (Å²) in [5.41, 5.74) is 0.967. The molecular weight excluding hydrogens is 372 g/mol. The Bertz CT molecular complexity index is 812. The summed E-state index contributed by atoms with van der Waals surface area (Å²) in [6.45, 7) is 2.21. The van der Waals surface area contributed by atoms with Gasteiger partial charge in [-0.1, -0.05) is 11.6 Å². The van der Waals surface area contributed by atoms with Crippen LogP contribution in [0.2, 0.25) is 5.02 Å². The van der Waals surface area contributed by atoms with Gasteiger partial charge in [0, 0.05) is 29.9 Å². The largest absolute Gasteiger partial charge is 0.366 e. The van der Waals surface area contributed by atoms with Crippen LogP contribution in [0.25, 0.3) is 5.69 Å². The third-order valence-electron chi connectivity index (χ3n) is 4.85. The van der Waals surface area contributed by atoms with E-state index in [4.69, 9.17) is 11.6 Å². The molecule has 1 aromatic carbocycles. The number of aromatic nitrogens is 2. The van der Waals surface area contributed by atoms with Gasteiger partial charge in [-0.25, -0.2) is 17.8 Å². The Hall–Kier alpha value is -1.57. The van der Waals surface area contributed by atoms with Crippen LogP contribution in [0.15, 0.2) is 36.5 Å². The lowest BCUT2D eigenvalue weighted by atomic mass is 9.86. The molecule has 1 heterocycles. The molecule has 2 N–H and O–H groups in total. The number of hydrogen-bond donors (Lipinski definition) is 2. The first-order valence-corrected chi connectivity index (χ1v) is 11.0. The van der Waals surface area contributed by atoms with Crippen LogP contribution in [0.1, 0.15) is 32.6 Å². The van der Waals surface area contributed by atoms with Crippen molar-refractivity contribution in [1.82, 2.24) is 14.5 Å². The van der Waals surface area contributed by atoms with Crippen molar-refractivity contribution in [3.63, 3.8) is 0 Å². The molecule has 0 amide bonds. The fraction of sp³-hybridized carbons (Fsp3) is 0.500.